The van der Waals surface area contributed by atoms with Crippen LogP contribution < -0.4 is 10.6 Å². The van der Waals surface area contributed by atoms with E-state index in [2.05, 4.69) is 34.6 Å². The normalized spacial score (nSPS) is 16.1. The number of aryl methyl sites for hydroxylation is 1. The van der Waals surface area contributed by atoms with E-state index in [9.17, 15) is 4.79 Å². The Balaban J connectivity index is 1.78. The van der Waals surface area contributed by atoms with E-state index < -0.39 is 0 Å². The molecule has 0 spiro atoms. The zero-order valence-electron chi connectivity index (χ0n) is 12.3. The lowest BCUT2D eigenvalue weighted by Crippen LogP contribution is -2.46. The van der Waals surface area contributed by atoms with Crippen LogP contribution in [0.3, 0.4) is 0 Å². The number of nitrogens with zero attached hydrogens (tertiary/aromatic N) is 1. The Morgan fingerprint density at radius 3 is 2.60 bits per heavy atom. The van der Waals surface area contributed by atoms with Gasteiger partial charge in [-0.05, 0) is 30.5 Å². The molecule has 1 aromatic rings. The highest BCUT2D eigenvalue weighted by Crippen LogP contribution is 2.11. The van der Waals surface area contributed by atoms with Gasteiger partial charge in [0.15, 0.2) is 0 Å². The molecule has 2 rings (SSSR count). The molecule has 1 amide bonds. The van der Waals surface area contributed by atoms with Crippen molar-refractivity contribution < 1.29 is 4.79 Å². The van der Waals surface area contributed by atoms with Crippen LogP contribution in [0.2, 0.25) is 0 Å². The van der Waals surface area contributed by atoms with E-state index in [0.29, 0.717) is 6.54 Å². The monoisotopic (exact) mass is 275 g/mol. The number of carbonyl (C=O) groups is 1. The van der Waals surface area contributed by atoms with Crippen LogP contribution in [-0.2, 0) is 11.2 Å². The standard InChI is InChI=1S/C16H25N3O/c1-2-3-4-14-5-7-15(8-6-14)18-16(20)13-19-11-9-17-10-12-19/h5-8,17H,2-4,9-13H2,1H3,(H,18,20). The third kappa shape index (κ3) is 4.94. The molecule has 2 N–H and O–H groups in total. The molecule has 20 heavy (non-hydrogen) atoms. The third-order valence-electron chi connectivity index (χ3n) is 3.63. The summed E-state index contributed by atoms with van der Waals surface area (Å²) in [5.41, 5.74) is 2.23. The molecule has 0 radical (unpaired) electrons. The average Bonchev–Trinajstić information content (AvgIpc) is 2.47. The highest BCUT2D eigenvalue weighted by molar-refractivity contribution is 5.92. The lowest BCUT2D eigenvalue weighted by Gasteiger charge is -2.26. The van der Waals surface area contributed by atoms with Crippen molar-refractivity contribution in [1.82, 2.24) is 10.2 Å². The molecule has 4 nitrogen and oxygen atoms in total. The van der Waals surface area contributed by atoms with Crippen molar-refractivity contribution in [3.05, 3.63) is 29.8 Å². The minimum absolute atomic E-state index is 0.0770. The lowest BCUT2D eigenvalue weighted by molar-refractivity contribution is -0.117. The Kier molecular flexibility index (Phi) is 6.02. The van der Waals surface area contributed by atoms with Crippen LogP contribution in [0.5, 0.6) is 0 Å². The maximum atomic E-state index is 12.0. The molecule has 0 aliphatic carbocycles. The highest BCUT2D eigenvalue weighted by Gasteiger charge is 2.13. The lowest BCUT2D eigenvalue weighted by atomic mass is 10.1. The Morgan fingerprint density at radius 2 is 1.95 bits per heavy atom. The molecular weight excluding hydrogens is 250 g/mol. The van der Waals surface area contributed by atoms with Gasteiger partial charge in [0.2, 0.25) is 5.91 Å². The molecule has 0 bridgehead atoms. The predicted octanol–water partition coefficient (Wildman–Crippen LogP) is 1.87. The topological polar surface area (TPSA) is 44.4 Å². The van der Waals surface area contributed by atoms with Crippen molar-refractivity contribution in [3.8, 4) is 0 Å². The Hall–Kier alpha value is -1.39. The highest BCUT2D eigenvalue weighted by atomic mass is 16.2. The van der Waals surface area contributed by atoms with Gasteiger partial charge < -0.3 is 10.6 Å². The first kappa shape index (κ1) is 15.0. The molecule has 0 aromatic heterocycles. The summed E-state index contributed by atoms with van der Waals surface area (Å²) >= 11 is 0. The van der Waals surface area contributed by atoms with E-state index in [0.717, 1.165) is 38.3 Å². The van der Waals surface area contributed by atoms with Gasteiger partial charge in [0.05, 0.1) is 6.54 Å². The number of nitrogens with one attached hydrogen (secondary N) is 2. The van der Waals surface area contributed by atoms with Gasteiger partial charge in [0.1, 0.15) is 0 Å². The number of benzene rings is 1. The van der Waals surface area contributed by atoms with E-state index in [1.54, 1.807) is 0 Å². The molecule has 1 aliphatic heterocycles. The van der Waals surface area contributed by atoms with Crippen LogP contribution in [-0.4, -0.2) is 43.5 Å². The molecule has 1 heterocycles. The molecule has 1 aliphatic rings. The molecule has 1 saturated heterocycles. The van der Waals surface area contributed by atoms with Gasteiger partial charge in [-0.3, -0.25) is 9.69 Å². The van der Waals surface area contributed by atoms with E-state index in [4.69, 9.17) is 0 Å². The van der Waals surface area contributed by atoms with Gasteiger partial charge in [-0.1, -0.05) is 25.5 Å². The number of hydrogen-bond donors (Lipinski definition) is 2. The van der Waals surface area contributed by atoms with Crippen LogP contribution in [0.15, 0.2) is 24.3 Å². The second-order valence-electron chi connectivity index (χ2n) is 5.37. The molecule has 4 heteroatoms. The summed E-state index contributed by atoms with van der Waals surface area (Å²) < 4.78 is 0. The molecule has 1 aromatic carbocycles. The summed E-state index contributed by atoms with van der Waals surface area (Å²) in [7, 11) is 0. The van der Waals surface area contributed by atoms with Crippen molar-refractivity contribution >= 4 is 11.6 Å². The largest absolute Gasteiger partial charge is 0.325 e. The summed E-state index contributed by atoms with van der Waals surface area (Å²) in [5, 5.41) is 6.26. The fraction of sp³-hybridized carbons (Fsp3) is 0.562. The van der Waals surface area contributed by atoms with Crippen molar-refractivity contribution in [3.63, 3.8) is 0 Å². The quantitative estimate of drug-likeness (QED) is 0.833. The summed E-state index contributed by atoms with van der Waals surface area (Å²) in [6, 6.07) is 8.22. The Morgan fingerprint density at radius 1 is 1.25 bits per heavy atom. The molecule has 0 unspecified atom stereocenters. The van der Waals surface area contributed by atoms with Gasteiger partial charge in [0, 0.05) is 31.9 Å². The molecule has 0 saturated carbocycles. The van der Waals surface area contributed by atoms with Crippen LogP contribution in [0, 0.1) is 0 Å². The van der Waals surface area contributed by atoms with Gasteiger partial charge in [-0.25, -0.2) is 0 Å². The maximum Gasteiger partial charge on any atom is 0.238 e. The van der Waals surface area contributed by atoms with Crippen molar-refractivity contribution in [1.29, 1.82) is 0 Å². The number of rotatable bonds is 6. The SMILES string of the molecule is CCCCc1ccc(NC(=O)CN2CCNCC2)cc1. The van der Waals surface area contributed by atoms with E-state index in [1.807, 2.05) is 12.1 Å². The smallest absolute Gasteiger partial charge is 0.238 e. The molecule has 1 fully saturated rings. The Bertz CT molecular complexity index is 410. The number of hydrogen-bond acceptors (Lipinski definition) is 3. The summed E-state index contributed by atoms with van der Waals surface area (Å²) in [5.74, 6) is 0.0770. The van der Waals surface area contributed by atoms with Gasteiger partial charge in [-0.2, -0.15) is 0 Å². The fourth-order valence-corrected chi connectivity index (χ4v) is 2.41. The number of anilines is 1. The summed E-state index contributed by atoms with van der Waals surface area (Å²) in [6.07, 6.45) is 3.55. The molecule has 110 valence electrons. The van der Waals surface area contributed by atoms with Gasteiger partial charge in [-0.15, -0.1) is 0 Å². The number of amides is 1. The molecular formula is C16H25N3O. The first-order valence-electron chi connectivity index (χ1n) is 7.60. The summed E-state index contributed by atoms with van der Waals surface area (Å²) in [4.78, 5) is 14.1. The van der Waals surface area contributed by atoms with Crippen LogP contribution in [0.4, 0.5) is 5.69 Å². The minimum Gasteiger partial charge on any atom is -0.325 e. The van der Waals surface area contributed by atoms with Crippen LogP contribution in [0.25, 0.3) is 0 Å². The zero-order valence-corrected chi connectivity index (χ0v) is 12.3. The maximum absolute atomic E-state index is 12.0. The van der Waals surface area contributed by atoms with E-state index in [1.165, 1.54) is 18.4 Å². The second-order valence-corrected chi connectivity index (χ2v) is 5.37. The average molecular weight is 275 g/mol. The zero-order chi connectivity index (χ0) is 14.2. The number of carbonyl (C=O) groups excluding carboxylic acids is 1. The second kappa shape index (κ2) is 8.02. The summed E-state index contributed by atoms with van der Waals surface area (Å²) in [6.45, 7) is 6.52. The minimum atomic E-state index is 0.0770. The Labute approximate surface area is 121 Å². The van der Waals surface area contributed by atoms with Gasteiger partial charge in [0.25, 0.3) is 0 Å². The predicted molar refractivity (Wildman–Crippen MR) is 83.0 cm³/mol. The third-order valence-corrected chi connectivity index (χ3v) is 3.63. The molecule has 0 atom stereocenters. The van der Waals surface area contributed by atoms with Gasteiger partial charge >= 0.3 is 0 Å². The van der Waals surface area contributed by atoms with Crippen molar-refractivity contribution in [2.45, 2.75) is 26.2 Å². The van der Waals surface area contributed by atoms with Crippen molar-refractivity contribution in [2.24, 2.45) is 0 Å². The van der Waals surface area contributed by atoms with E-state index >= 15 is 0 Å². The number of piperazine rings is 1. The number of unbranched alkanes of at least 4 members (excludes halogenated alkanes) is 1. The van der Waals surface area contributed by atoms with Crippen LogP contribution >= 0.6 is 0 Å². The van der Waals surface area contributed by atoms with Crippen LogP contribution in [0.1, 0.15) is 25.3 Å². The fourth-order valence-electron chi connectivity index (χ4n) is 2.41. The van der Waals surface area contributed by atoms with Crippen molar-refractivity contribution in [2.75, 3.05) is 38.0 Å². The first-order valence-corrected chi connectivity index (χ1v) is 7.60. The van der Waals surface area contributed by atoms with E-state index in [-0.39, 0.29) is 5.91 Å². The first-order chi connectivity index (χ1) is 9.78.